The van der Waals surface area contributed by atoms with Crippen LogP contribution in [0.2, 0.25) is 0 Å². The number of ether oxygens (including phenoxy) is 1. The van der Waals surface area contributed by atoms with Gasteiger partial charge in [-0.1, -0.05) is 42.6 Å². The number of nitrogens with one attached hydrogen (secondary N) is 1. The molecular formula is C26H25FN4O3S. The van der Waals surface area contributed by atoms with Gasteiger partial charge in [0.2, 0.25) is 5.91 Å². The molecule has 35 heavy (non-hydrogen) atoms. The second-order valence-electron chi connectivity index (χ2n) is 7.93. The fourth-order valence-corrected chi connectivity index (χ4v) is 4.87. The van der Waals surface area contributed by atoms with Crippen molar-refractivity contribution < 1.29 is 18.7 Å². The molecule has 2 aromatic rings. The molecule has 180 valence electrons. The molecule has 9 heteroatoms. The van der Waals surface area contributed by atoms with Gasteiger partial charge in [-0.05, 0) is 42.2 Å². The van der Waals surface area contributed by atoms with Crippen molar-refractivity contribution in [3.63, 3.8) is 0 Å². The minimum Gasteiger partial charge on any atom is -0.458 e. The second kappa shape index (κ2) is 11.1. The summed E-state index contributed by atoms with van der Waals surface area (Å²) in [6.45, 7) is 5.85. The molecule has 0 spiro atoms. The molecule has 4 rings (SSSR count). The van der Waals surface area contributed by atoms with Gasteiger partial charge >= 0.3 is 5.97 Å². The number of aliphatic imine (C=N–C) groups is 1. The monoisotopic (exact) mass is 492 g/mol. The Hall–Kier alpha value is -3.72. The Morgan fingerprint density at radius 1 is 1.26 bits per heavy atom. The van der Waals surface area contributed by atoms with E-state index < -0.39 is 12.0 Å². The third kappa shape index (κ3) is 5.68. The molecule has 0 fully saturated rings. The minimum absolute atomic E-state index is 0.0540. The maximum Gasteiger partial charge on any atom is 0.338 e. The molecule has 0 aliphatic carbocycles. The number of fused-ring (bicyclic) bond motifs is 1. The van der Waals surface area contributed by atoms with Gasteiger partial charge in [0, 0.05) is 30.6 Å². The molecule has 1 aromatic heterocycles. The maximum absolute atomic E-state index is 13.7. The Labute approximate surface area is 207 Å². The zero-order chi connectivity index (χ0) is 24.8. The molecule has 2 aliphatic rings. The highest BCUT2D eigenvalue weighted by Crippen LogP contribution is 2.44. The van der Waals surface area contributed by atoms with Crippen LogP contribution in [-0.2, 0) is 20.7 Å². The van der Waals surface area contributed by atoms with Crippen molar-refractivity contribution in [1.82, 2.24) is 15.2 Å². The lowest BCUT2D eigenvalue weighted by Crippen LogP contribution is -2.38. The number of hydrogen-bond donors (Lipinski definition) is 1. The lowest BCUT2D eigenvalue weighted by molar-refractivity contribution is -0.138. The molecule has 1 atom stereocenters. The van der Waals surface area contributed by atoms with Gasteiger partial charge in [-0.25, -0.2) is 14.2 Å². The number of pyridine rings is 1. The summed E-state index contributed by atoms with van der Waals surface area (Å²) in [5, 5.41) is 5.43. The second-order valence-corrected chi connectivity index (χ2v) is 8.77. The van der Waals surface area contributed by atoms with Gasteiger partial charge in [0.1, 0.15) is 12.4 Å². The first-order valence-corrected chi connectivity index (χ1v) is 12.0. The van der Waals surface area contributed by atoms with Crippen LogP contribution in [0.3, 0.4) is 0 Å². The minimum atomic E-state index is -0.608. The number of amides is 1. The number of benzene rings is 1. The SMILES string of the molecule is C=CCOC(=O)C1=C(C)N=C2SC=C(CC(=O)NCCc3ccccn3)N2C1c1ccc(F)cc1. The highest BCUT2D eigenvalue weighted by molar-refractivity contribution is 8.16. The number of esters is 1. The normalized spacial score (nSPS) is 16.9. The number of nitrogens with zero attached hydrogens (tertiary/aromatic N) is 3. The largest absolute Gasteiger partial charge is 0.458 e. The summed E-state index contributed by atoms with van der Waals surface area (Å²) in [4.78, 5) is 36.5. The van der Waals surface area contributed by atoms with Crippen LogP contribution in [0, 0.1) is 5.82 Å². The van der Waals surface area contributed by atoms with E-state index >= 15 is 0 Å². The number of aromatic nitrogens is 1. The Morgan fingerprint density at radius 3 is 2.77 bits per heavy atom. The van der Waals surface area contributed by atoms with Crippen LogP contribution in [-0.4, -0.2) is 40.1 Å². The molecule has 0 bridgehead atoms. The molecule has 3 heterocycles. The number of thioether (sulfide) groups is 1. The lowest BCUT2D eigenvalue weighted by Gasteiger charge is -2.36. The van der Waals surface area contributed by atoms with Crippen molar-refractivity contribution in [1.29, 1.82) is 0 Å². The summed E-state index contributed by atoms with van der Waals surface area (Å²) in [6, 6.07) is 11.0. The Bertz CT molecular complexity index is 1210. The van der Waals surface area contributed by atoms with E-state index in [1.54, 1.807) is 25.3 Å². The molecule has 1 N–H and O–H groups in total. The highest BCUT2D eigenvalue weighted by atomic mass is 32.2. The van der Waals surface area contributed by atoms with E-state index in [4.69, 9.17) is 4.74 Å². The van der Waals surface area contributed by atoms with E-state index in [0.29, 0.717) is 40.7 Å². The van der Waals surface area contributed by atoms with Crippen LogP contribution >= 0.6 is 11.8 Å². The number of allylic oxidation sites excluding steroid dienone is 1. The van der Waals surface area contributed by atoms with Crippen molar-refractivity contribution in [2.24, 2.45) is 4.99 Å². The van der Waals surface area contributed by atoms with Gasteiger partial charge in [-0.2, -0.15) is 0 Å². The predicted molar refractivity (Wildman–Crippen MR) is 134 cm³/mol. The van der Waals surface area contributed by atoms with E-state index in [0.717, 1.165) is 5.69 Å². The van der Waals surface area contributed by atoms with Crippen molar-refractivity contribution in [2.45, 2.75) is 25.8 Å². The van der Waals surface area contributed by atoms with Gasteiger partial charge in [0.25, 0.3) is 0 Å². The number of amidine groups is 1. The predicted octanol–water partition coefficient (Wildman–Crippen LogP) is 4.27. The number of halogens is 1. The van der Waals surface area contributed by atoms with E-state index in [2.05, 4.69) is 21.9 Å². The van der Waals surface area contributed by atoms with Gasteiger partial charge in [-0.15, -0.1) is 0 Å². The quantitative estimate of drug-likeness (QED) is 0.416. The van der Waals surface area contributed by atoms with Crippen molar-refractivity contribution in [2.75, 3.05) is 13.2 Å². The maximum atomic E-state index is 13.7. The number of carbonyl (C=O) groups is 2. The standard InChI is InChI=1S/C26H25FN4O3S/c1-3-14-34-25(33)23-17(2)30-26-31(24(23)18-7-9-19(27)10-8-18)21(16-35-26)15-22(32)29-13-11-20-6-4-5-12-28-20/h3-10,12,16,24H,1,11,13-15H2,2H3,(H,29,32). The number of rotatable bonds is 9. The highest BCUT2D eigenvalue weighted by Gasteiger charge is 2.41. The molecular weight excluding hydrogens is 467 g/mol. The van der Waals surface area contributed by atoms with Gasteiger partial charge in [-0.3, -0.25) is 9.78 Å². The van der Waals surface area contributed by atoms with E-state index in [1.807, 2.05) is 28.5 Å². The topological polar surface area (TPSA) is 83.9 Å². The molecule has 0 saturated heterocycles. The van der Waals surface area contributed by atoms with Gasteiger partial charge in [0.05, 0.1) is 23.7 Å². The van der Waals surface area contributed by atoms with Crippen LogP contribution in [0.1, 0.15) is 30.6 Å². The molecule has 7 nitrogen and oxygen atoms in total. The van der Waals surface area contributed by atoms with Crippen LogP contribution in [0.4, 0.5) is 4.39 Å². The first kappa shape index (κ1) is 24.4. The molecule has 1 aromatic carbocycles. The average Bonchev–Trinajstić information content (AvgIpc) is 3.24. The van der Waals surface area contributed by atoms with E-state index in [1.165, 1.54) is 30.0 Å². The summed E-state index contributed by atoms with van der Waals surface area (Å²) in [5.74, 6) is -1.07. The van der Waals surface area contributed by atoms with Crippen molar-refractivity contribution in [3.8, 4) is 0 Å². The zero-order valence-electron chi connectivity index (χ0n) is 19.2. The van der Waals surface area contributed by atoms with Gasteiger partial charge < -0.3 is 15.0 Å². The first-order chi connectivity index (χ1) is 17.0. The summed E-state index contributed by atoms with van der Waals surface area (Å²) in [7, 11) is 0. The fraction of sp³-hybridized carbons (Fsp3) is 0.231. The Morgan fingerprint density at radius 2 is 2.06 bits per heavy atom. The summed E-state index contributed by atoms with van der Waals surface area (Å²) < 4.78 is 19.0. The smallest absolute Gasteiger partial charge is 0.338 e. The lowest BCUT2D eigenvalue weighted by atomic mass is 9.94. The summed E-state index contributed by atoms with van der Waals surface area (Å²) in [6.07, 6.45) is 3.93. The molecule has 2 aliphatic heterocycles. The summed E-state index contributed by atoms with van der Waals surface area (Å²) in [5.41, 5.74) is 3.13. The van der Waals surface area contributed by atoms with Crippen LogP contribution in [0.25, 0.3) is 0 Å². The van der Waals surface area contributed by atoms with Crippen molar-refractivity contribution >= 4 is 28.8 Å². The third-order valence-corrected chi connectivity index (χ3v) is 6.40. The Kier molecular flexibility index (Phi) is 7.77. The third-order valence-electron chi connectivity index (χ3n) is 5.51. The van der Waals surface area contributed by atoms with Gasteiger partial charge in [0.15, 0.2) is 5.17 Å². The molecule has 0 saturated carbocycles. The number of hydrogen-bond acceptors (Lipinski definition) is 7. The van der Waals surface area contributed by atoms with Crippen molar-refractivity contribution in [3.05, 3.63) is 101 Å². The fourth-order valence-electron chi connectivity index (χ4n) is 3.91. The zero-order valence-corrected chi connectivity index (χ0v) is 20.1. The molecule has 1 amide bonds. The average molecular weight is 493 g/mol. The van der Waals surface area contributed by atoms with E-state index in [-0.39, 0.29) is 24.8 Å². The van der Waals surface area contributed by atoms with Crippen LogP contribution in [0.5, 0.6) is 0 Å². The molecule has 0 radical (unpaired) electrons. The van der Waals surface area contributed by atoms with Crippen LogP contribution in [0.15, 0.2) is 88.7 Å². The molecule has 1 unspecified atom stereocenters. The van der Waals surface area contributed by atoms with Crippen LogP contribution < -0.4 is 5.32 Å². The number of carbonyl (C=O) groups excluding carboxylic acids is 2. The Balaban J connectivity index is 1.55. The first-order valence-electron chi connectivity index (χ1n) is 11.1. The summed E-state index contributed by atoms with van der Waals surface area (Å²) >= 11 is 1.38. The van der Waals surface area contributed by atoms with E-state index in [9.17, 15) is 14.0 Å².